The molecule has 24 heavy (non-hydrogen) atoms. The first-order chi connectivity index (χ1) is 11.4. The quantitative estimate of drug-likeness (QED) is 0.411. The highest BCUT2D eigenvalue weighted by atomic mass is 16.5. The first-order valence-electron chi connectivity index (χ1n) is 8.21. The number of aliphatic hydroxyl groups is 2. The Balaban J connectivity index is 2.27. The molecule has 0 saturated heterocycles. The van der Waals surface area contributed by atoms with Gasteiger partial charge >= 0.3 is 0 Å². The fraction of sp³-hybridized carbons (Fsp3) is 0.368. The maximum Gasteiger partial charge on any atom is 0.212 e. The van der Waals surface area contributed by atoms with Crippen molar-refractivity contribution in [1.82, 2.24) is 0 Å². The molecule has 3 N–H and O–H groups in total. The smallest absolute Gasteiger partial charge is 0.212 e. The van der Waals surface area contributed by atoms with Gasteiger partial charge in [-0.1, -0.05) is 24.3 Å². The molecule has 2 aromatic carbocycles. The second-order valence-corrected chi connectivity index (χ2v) is 6.25. The van der Waals surface area contributed by atoms with Crippen LogP contribution in [0.15, 0.2) is 54.6 Å². The van der Waals surface area contributed by atoms with Crippen molar-refractivity contribution in [3.63, 3.8) is 0 Å². The molecule has 2 rings (SSSR count). The van der Waals surface area contributed by atoms with Gasteiger partial charge in [0.15, 0.2) is 0 Å². The third-order valence-corrected chi connectivity index (χ3v) is 4.23. The lowest BCUT2D eigenvalue weighted by Gasteiger charge is -2.45. The molecule has 2 atom stereocenters. The highest BCUT2D eigenvalue weighted by molar-refractivity contribution is 5.47. The standard InChI is InChI=1S/C19H27N2O3/c1-14(2)21(15(3)22,16(4)23)20-17-9-8-12-19(13-17)24-18-10-6-5-7-11-18/h5-16,20,22-23H,1-4H3/q+1. The van der Waals surface area contributed by atoms with Crippen molar-refractivity contribution in [2.75, 3.05) is 5.43 Å². The van der Waals surface area contributed by atoms with Crippen LogP contribution in [0.5, 0.6) is 11.5 Å². The van der Waals surface area contributed by atoms with Crippen molar-refractivity contribution >= 4 is 5.69 Å². The van der Waals surface area contributed by atoms with Crippen LogP contribution in [0.2, 0.25) is 0 Å². The van der Waals surface area contributed by atoms with Crippen molar-refractivity contribution in [1.29, 1.82) is 0 Å². The molecule has 0 radical (unpaired) electrons. The molecule has 5 nitrogen and oxygen atoms in total. The summed E-state index contributed by atoms with van der Waals surface area (Å²) >= 11 is 0. The summed E-state index contributed by atoms with van der Waals surface area (Å²) in [6.07, 6.45) is -1.58. The van der Waals surface area contributed by atoms with E-state index in [0.717, 1.165) is 11.4 Å². The lowest BCUT2D eigenvalue weighted by atomic mass is 10.2. The van der Waals surface area contributed by atoms with E-state index in [2.05, 4.69) is 5.43 Å². The van der Waals surface area contributed by atoms with Crippen molar-refractivity contribution < 1.29 is 19.5 Å². The number of aliphatic hydroxyl groups excluding tert-OH is 2. The topological polar surface area (TPSA) is 61.7 Å². The Labute approximate surface area is 143 Å². The molecular weight excluding hydrogens is 304 g/mol. The molecule has 0 heterocycles. The molecule has 2 unspecified atom stereocenters. The number of quaternary nitrogens is 1. The summed E-state index contributed by atoms with van der Waals surface area (Å²) in [7, 11) is 0. The van der Waals surface area contributed by atoms with Gasteiger partial charge in [0, 0.05) is 19.9 Å². The van der Waals surface area contributed by atoms with Gasteiger partial charge in [-0.3, -0.25) is 0 Å². The van der Waals surface area contributed by atoms with Crippen LogP contribution in [0.3, 0.4) is 0 Å². The van der Waals surface area contributed by atoms with Crippen LogP contribution >= 0.6 is 0 Å². The molecule has 0 aliphatic heterocycles. The molecule has 0 aliphatic rings. The Hall–Kier alpha value is -2.08. The van der Waals surface area contributed by atoms with E-state index in [1.165, 1.54) is 0 Å². The Morgan fingerprint density at radius 2 is 1.42 bits per heavy atom. The summed E-state index contributed by atoms with van der Waals surface area (Å²) < 4.78 is 5.78. The Morgan fingerprint density at radius 3 is 1.96 bits per heavy atom. The summed E-state index contributed by atoms with van der Waals surface area (Å²) in [5, 5.41) is 20.6. The number of benzene rings is 2. The van der Waals surface area contributed by atoms with Crippen LogP contribution in [-0.4, -0.2) is 33.3 Å². The summed E-state index contributed by atoms with van der Waals surface area (Å²) in [6, 6.07) is 17.0. The highest BCUT2D eigenvalue weighted by Gasteiger charge is 2.42. The van der Waals surface area contributed by atoms with Gasteiger partial charge in [0.1, 0.15) is 17.5 Å². The first kappa shape index (κ1) is 18.3. The number of anilines is 1. The maximum absolute atomic E-state index is 10.3. The van der Waals surface area contributed by atoms with Crippen LogP contribution in [0.1, 0.15) is 27.7 Å². The van der Waals surface area contributed by atoms with Crippen LogP contribution in [-0.2, 0) is 0 Å². The van der Waals surface area contributed by atoms with Gasteiger partial charge in [-0.2, -0.15) is 4.59 Å². The van der Waals surface area contributed by atoms with E-state index in [1.807, 2.05) is 68.4 Å². The van der Waals surface area contributed by atoms with E-state index in [4.69, 9.17) is 4.74 Å². The predicted octanol–water partition coefficient (Wildman–Crippen LogP) is 3.71. The summed E-state index contributed by atoms with van der Waals surface area (Å²) in [6.45, 7) is 7.25. The minimum Gasteiger partial charge on any atom is -0.457 e. The van der Waals surface area contributed by atoms with E-state index in [9.17, 15) is 10.2 Å². The maximum atomic E-state index is 10.3. The Bertz CT molecular complexity index is 620. The summed E-state index contributed by atoms with van der Waals surface area (Å²) in [4.78, 5) is 0. The molecule has 0 saturated carbocycles. The van der Waals surface area contributed by atoms with Crippen molar-refractivity contribution in [2.45, 2.75) is 46.2 Å². The SMILES string of the molecule is CC(C)[N+](Nc1cccc(Oc2ccccc2)c1)(C(C)O)C(C)O. The van der Waals surface area contributed by atoms with Gasteiger partial charge in [-0.05, 0) is 38.1 Å². The number of ether oxygens (including phenoxy) is 1. The number of rotatable bonds is 7. The average Bonchev–Trinajstić information content (AvgIpc) is 2.53. The number of hydrogen-bond donors (Lipinski definition) is 3. The van der Waals surface area contributed by atoms with Crippen LogP contribution in [0, 0.1) is 0 Å². The van der Waals surface area contributed by atoms with E-state index in [0.29, 0.717) is 5.75 Å². The molecule has 2 aromatic rings. The monoisotopic (exact) mass is 331 g/mol. The van der Waals surface area contributed by atoms with Gasteiger partial charge in [0.05, 0.1) is 5.69 Å². The molecule has 0 bridgehead atoms. The molecular formula is C19H27N2O3+. The van der Waals surface area contributed by atoms with E-state index >= 15 is 0 Å². The fourth-order valence-electron chi connectivity index (χ4n) is 2.97. The molecule has 0 fully saturated rings. The molecule has 0 aliphatic carbocycles. The molecule has 130 valence electrons. The minimum absolute atomic E-state index is 0.0382. The zero-order valence-corrected chi connectivity index (χ0v) is 14.7. The van der Waals surface area contributed by atoms with Crippen LogP contribution < -0.4 is 10.2 Å². The molecule has 0 spiro atoms. The van der Waals surface area contributed by atoms with Gasteiger partial charge in [0.25, 0.3) is 0 Å². The zero-order chi connectivity index (χ0) is 17.7. The van der Waals surface area contributed by atoms with E-state index in [-0.39, 0.29) is 10.6 Å². The normalized spacial score (nSPS) is 16.3. The fourth-order valence-corrected chi connectivity index (χ4v) is 2.97. The number of para-hydroxylation sites is 1. The van der Waals surface area contributed by atoms with Crippen molar-refractivity contribution in [2.24, 2.45) is 0 Å². The largest absolute Gasteiger partial charge is 0.457 e. The third-order valence-electron chi connectivity index (χ3n) is 4.23. The lowest BCUT2D eigenvalue weighted by Crippen LogP contribution is -2.66. The summed E-state index contributed by atoms with van der Waals surface area (Å²) in [5.74, 6) is 1.44. The van der Waals surface area contributed by atoms with Gasteiger partial charge in [-0.15, -0.1) is 0 Å². The second kappa shape index (κ2) is 7.66. The Kier molecular flexibility index (Phi) is 5.83. The number of nitrogens with zero attached hydrogens (tertiary/aromatic N) is 1. The van der Waals surface area contributed by atoms with Crippen molar-refractivity contribution in [3.05, 3.63) is 54.6 Å². The average molecular weight is 331 g/mol. The van der Waals surface area contributed by atoms with Crippen molar-refractivity contribution in [3.8, 4) is 11.5 Å². The van der Waals surface area contributed by atoms with Gasteiger partial charge in [0.2, 0.25) is 12.5 Å². The second-order valence-electron chi connectivity index (χ2n) is 6.25. The first-order valence-corrected chi connectivity index (χ1v) is 8.21. The summed E-state index contributed by atoms with van der Waals surface area (Å²) in [5.41, 5.74) is 4.04. The van der Waals surface area contributed by atoms with Gasteiger partial charge < -0.3 is 14.9 Å². The van der Waals surface area contributed by atoms with Crippen LogP contribution in [0.4, 0.5) is 5.69 Å². The Morgan fingerprint density at radius 1 is 0.833 bits per heavy atom. The molecule has 0 amide bonds. The third kappa shape index (κ3) is 3.87. The molecule has 0 aromatic heterocycles. The van der Waals surface area contributed by atoms with Crippen LogP contribution in [0.25, 0.3) is 0 Å². The zero-order valence-electron chi connectivity index (χ0n) is 14.7. The molecule has 5 heteroatoms. The van der Waals surface area contributed by atoms with E-state index in [1.54, 1.807) is 13.8 Å². The number of nitrogens with one attached hydrogen (secondary N) is 1. The van der Waals surface area contributed by atoms with Gasteiger partial charge in [-0.25, -0.2) is 5.43 Å². The number of hydrogen-bond acceptors (Lipinski definition) is 4. The van der Waals surface area contributed by atoms with E-state index < -0.39 is 12.5 Å². The predicted molar refractivity (Wildman–Crippen MR) is 95.3 cm³/mol. The highest BCUT2D eigenvalue weighted by Crippen LogP contribution is 2.28. The lowest BCUT2D eigenvalue weighted by molar-refractivity contribution is -1.01. The minimum atomic E-state index is -0.788.